The summed E-state index contributed by atoms with van der Waals surface area (Å²) < 4.78 is 86.1. The number of aryl methyl sites for hydroxylation is 2. The minimum absolute atomic E-state index is 0.0168. The molecule has 0 spiro atoms. The van der Waals surface area contributed by atoms with E-state index in [1.807, 2.05) is 28.8 Å². The molecular formula is C44H25F6N7. The molecule has 0 aliphatic heterocycles. The molecule has 0 amide bonds. The Hall–Kier alpha value is -7.38. The maximum atomic E-state index is 14.5. The van der Waals surface area contributed by atoms with E-state index in [1.165, 1.54) is 36.9 Å². The Balaban J connectivity index is 1.44. The van der Waals surface area contributed by atoms with E-state index in [2.05, 4.69) is 19.9 Å². The highest BCUT2D eigenvalue weighted by Gasteiger charge is 2.34. The van der Waals surface area contributed by atoms with Crippen LogP contribution in [0.4, 0.5) is 26.3 Å². The van der Waals surface area contributed by atoms with Gasteiger partial charge in [0.1, 0.15) is 12.1 Å². The van der Waals surface area contributed by atoms with Crippen LogP contribution in [0, 0.1) is 36.5 Å². The lowest BCUT2D eigenvalue weighted by atomic mass is 9.96. The number of nitrogens with zero attached hydrogens (tertiary/aromatic N) is 7. The third-order valence-electron chi connectivity index (χ3n) is 9.72. The Bertz CT molecular complexity index is 2970. The van der Waals surface area contributed by atoms with Crippen LogP contribution in [0.25, 0.3) is 72.5 Å². The number of fused-ring (bicyclic) bond motifs is 3. The van der Waals surface area contributed by atoms with E-state index in [0.717, 1.165) is 23.6 Å². The van der Waals surface area contributed by atoms with Crippen molar-refractivity contribution in [3.05, 3.63) is 149 Å². The molecule has 3 heterocycles. The Morgan fingerprint density at radius 2 is 1.07 bits per heavy atom. The quantitative estimate of drug-likeness (QED) is 0.162. The molecule has 8 rings (SSSR count). The number of hydrogen-bond donors (Lipinski definition) is 0. The van der Waals surface area contributed by atoms with Crippen molar-refractivity contribution in [1.82, 2.24) is 24.5 Å². The molecule has 8 aromatic rings. The van der Waals surface area contributed by atoms with Crippen molar-refractivity contribution < 1.29 is 26.3 Å². The fourth-order valence-electron chi connectivity index (χ4n) is 7.03. The molecule has 13 heteroatoms. The number of benzene rings is 5. The SMILES string of the molecule is Cc1ccc(-c2ccc3c4ccc(-c5ccc(C(F)(F)F)cc5C)cc4n(-c4ccc(-c5ncc(C#N)cn5)cc4-c4ncc(C#N)cn4)c3c2)c(C(F)(F)F)c1. The molecule has 57 heavy (non-hydrogen) atoms. The number of rotatable bonds is 5. The van der Waals surface area contributed by atoms with Crippen molar-refractivity contribution in [3.8, 4) is 62.9 Å². The second-order valence-corrected chi connectivity index (χ2v) is 13.4. The molecule has 0 unspecified atom stereocenters. The topological polar surface area (TPSA) is 104 Å². The van der Waals surface area contributed by atoms with E-state index in [1.54, 1.807) is 62.4 Å². The summed E-state index contributed by atoms with van der Waals surface area (Å²) in [5.41, 5.74) is 3.78. The molecule has 7 nitrogen and oxygen atoms in total. The summed E-state index contributed by atoms with van der Waals surface area (Å²) in [5, 5.41) is 20.2. The highest BCUT2D eigenvalue weighted by atomic mass is 19.4. The highest BCUT2D eigenvalue weighted by Crippen LogP contribution is 2.43. The van der Waals surface area contributed by atoms with E-state index in [0.29, 0.717) is 66.9 Å². The number of aromatic nitrogens is 5. The van der Waals surface area contributed by atoms with Gasteiger partial charge in [0.15, 0.2) is 11.6 Å². The summed E-state index contributed by atoms with van der Waals surface area (Å²) in [6.45, 7) is 3.19. The number of halogens is 6. The van der Waals surface area contributed by atoms with Gasteiger partial charge in [0.25, 0.3) is 0 Å². The molecule has 3 aromatic heterocycles. The number of hydrogen-bond acceptors (Lipinski definition) is 6. The molecular weight excluding hydrogens is 741 g/mol. The molecule has 278 valence electrons. The first kappa shape index (κ1) is 36.6. The third-order valence-corrected chi connectivity index (χ3v) is 9.72. The average Bonchev–Trinajstić information content (AvgIpc) is 3.52. The Kier molecular flexibility index (Phi) is 8.81. The van der Waals surface area contributed by atoms with E-state index >= 15 is 0 Å². The van der Waals surface area contributed by atoms with Gasteiger partial charge in [-0.3, -0.25) is 0 Å². The van der Waals surface area contributed by atoms with Gasteiger partial charge in [-0.25, -0.2) is 19.9 Å². The molecule has 0 aliphatic rings. The van der Waals surface area contributed by atoms with Crippen LogP contribution in [0.3, 0.4) is 0 Å². The van der Waals surface area contributed by atoms with Gasteiger partial charge in [-0.1, -0.05) is 48.0 Å². The lowest BCUT2D eigenvalue weighted by Gasteiger charge is -2.17. The number of nitriles is 2. The third kappa shape index (κ3) is 6.70. The van der Waals surface area contributed by atoms with Crippen molar-refractivity contribution in [1.29, 1.82) is 10.5 Å². The summed E-state index contributed by atoms with van der Waals surface area (Å²) in [5.74, 6) is 0.498. The van der Waals surface area contributed by atoms with Crippen LogP contribution in [-0.4, -0.2) is 24.5 Å². The van der Waals surface area contributed by atoms with Gasteiger partial charge in [-0.2, -0.15) is 36.9 Å². The minimum atomic E-state index is -4.64. The zero-order chi connectivity index (χ0) is 40.2. The Labute approximate surface area is 320 Å². The Morgan fingerprint density at radius 1 is 0.526 bits per heavy atom. The lowest BCUT2D eigenvalue weighted by Crippen LogP contribution is -2.07. The van der Waals surface area contributed by atoms with Crippen molar-refractivity contribution in [3.63, 3.8) is 0 Å². The molecule has 0 aliphatic carbocycles. The molecule has 5 aromatic carbocycles. The Morgan fingerprint density at radius 3 is 1.61 bits per heavy atom. The van der Waals surface area contributed by atoms with Gasteiger partial charge < -0.3 is 4.57 Å². The van der Waals surface area contributed by atoms with Gasteiger partial charge in [0.2, 0.25) is 0 Å². The van der Waals surface area contributed by atoms with Gasteiger partial charge in [-0.05, 0) is 90.2 Å². The van der Waals surface area contributed by atoms with Crippen molar-refractivity contribution >= 4 is 21.8 Å². The van der Waals surface area contributed by atoms with Gasteiger partial charge in [0.05, 0.1) is 39.0 Å². The molecule has 0 saturated heterocycles. The fraction of sp³-hybridized carbons (Fsp3) is 0.0909. The zero-order valence-corrected chi connectivity index (χ0v) is 29.9. The smallest absolute Gasteiger partial charge is 0.308 e. The van der Waals surface area contributed by atoms with Gasteiger partial charge in [-0.15, -0.1) is 0 Å². The van der Waals surface area contributed by atoms with Crippen LogP contribution in [0.1, 0.15) is 33.4 Å². The second-order valence-electron chi connectivity index (χ2n) is 13.4. The maximum absolute atomic E-state index is 14.5. The first-order valence-corrected chi connectivity index (χ1v) is 17.3. The highest BCUT2D eigenvalue weighted by molar-refractivity contribution is 6.11. The molecule has 0 atom stereocenters. The van der Waals surface area contributed by atoms with Crippen LogP contribution in [-0.2, 0) is 12.4 Å². The maximum Gasteiger partial charge on any atom is 0.417 e. The summed E-state index contributed by atoms with van der Waals surface area (Å²) >= 11 is 0. The second kappa shape index (κ2) is 13.7. The molecule has 0 bridgehead atoms. The van der Waals surface area contributed by atoms with Crippen molar-refractivity contribution in [2.45, 2.75) is 26.2 Å². The lowest BCUT2D eigenvalue weighted by molar-refractivity contribution is -0.138. The normalized spacial score (nSPS) is 11.8. The van der Waals surface area contributed by atoms with Gasteiger partial charge >= 0.3 is 12.4 Å². The predicted octanol–water partition coefficient (Wildman–Crippen LogP) is 11.4. The zero-order valence-electron chi connectivity index (χ0n) is 29.9. The first-order chi connectivity index (χ1) is 27.2. The van der Waals surface area contributed by atoms with Crippen LogP contribution in [0.15, 0.2) is 116 Å². The van der Waals surface area contributed by atoms with Crippen LogP contribution in [0.5, 0.6) is 0 Å². The van der Waals surface area contributed by atoms with Crippen LogP contribution in [0.2, 0.25) is 0 Å². The van der Waals surface area contributed by atoms with Crippen molar-refractivity contribution in [2.24, 2.45) is 0 Å². The predicted molar refractivity (Wildman–Crippen MR) is 203 cm³/mol. The summed E-state index contributed by atoms with van der Waals surface area (Å²) in [7, 11) is 0. The van der Waals surface area contributed by atoms with Gasteiger partial charge in [0, 0.05) is 46.7 Å². The van der Waals surface area contributed by atoms with Crippen LogP contribution < -0.4 is 0 Å². The average molecular weight is 766 g/mol. The number of alkyl halides is 6. The van der Waals surface area contributed by atoms with Crippen molar-refractivity contribution in [2.75, 3.05) is 0 Å². The largest absolute Gasteiger partial charge is 0.417 e. The van der Waals surface area contributed by atoms with E-state index in [-0.39, 0.29) is 22.5 Å². The summed E-state index contributed by atoms with van der Waals surface area (Å²) in [6.07, 6.45) is -3.67. The van der Waals surface area contributed by atoms with E-state index < -0.39 is 23.5 Å². The first-order valence-electron chi connectivity index (χ1n) is 17.3. The molecule has 0 N–H and O–H groups in total. The van der Waals surface area contributed by atoms with E-state index in [4.69, 9.17) is 0 Å². The van der Waals surface area contributed by atoms with E-state index in [9.17, 15) is 36.9 Å². The minimum Gasteiger partial charge on any atom is -0.308 e. The monoisotopic (exact) mass is 765 g/mol. The molecule has 0 saturated carbocycles. The summed E-state index contributed by atoms with van der Waals surface area (Å²) in [4.78, 5) is 17.6. The van der Waals surface area contributed by atoms with Crippen LogP contribution >= 0.6 is 0 Å². The standard InChI is InChI=1S/C44H25F6N7/c1-24-3-8-33(37(13-24)44(48,49)50)29-5-10-35-34-9-4-28(32-11-7-31(14-25(32)2)43(45,46)47)16-39(34)57(40(35)17-29)38-12-6-30(41-53-20-26(18-51)21-54-41)15-36(38)42-55-22-27(19-52)23-56-42/h3-17,20-23H,1-2H3. The fourth-order valence-corrected chi connectivity index (χ4v) is 7.03. The molecule has 0 radical (unpaired) electrons. The summed E-state index contributed by atoms with van der Waals surface area (Å²) in [6, 6.07) is 27.5. The molecule has 0 fully saturated rings.